The van der Waals surface area contributed by atoms with Gasteiger partial charge in [-0.3, -0.25) is 9.69 Å². The van der Waals surface area contributed by atoms with Gasteiger partial charge in [-0.15, -0.1) is 36.2 Å². The van der Waals surface area contributed by atoms with Gasteiger partial charge >= 0.3 is 0 Å². The first-order valence-corrected chi connectivity index (χ1v) is 8.62. The summed E-state index contributed by atoms with van der Waals surface area (Å²) in [4.78, 5) is 19.0. The molecule has 1 aromatic heterocycles. The number of hydrogen-bond donors (Lipinski definition) is 2. The molecule has 0 bridgehead atoms. The van der Waals surface area contributed by atoms with Gasteiger partial charge in [-0.1, -0.05) is 0 Å². The Morgan fingerprint density at radius 1 is 1.35 bits per heavy atom. The maximum atomic E-state index is 12.1. The summed E-state index contributed by atoms with van der Waals surface area (Å²) in [6, 6.07) is 0. The molecular weight excluding hydrogens is 355 g/mol. The van der Waals surface area contributed by atoms with E-state index in [1.165, 1.54) is 0 Å². The van der Waals surface area contributed by atoms with Gasteiger partial charge in [0, 0.05) is 24.4 Å². The van der Waals surface area contributed by atoms with Crippen LogP contribution in [0, 0.1) is 12.8 Å². The Balaban J connectivity index is 0.00000242. The molecule has 0 aromatic carbocycles. The molecule has 1 saturated heterocycles. The highest BCUT2D eigenvalue weighted by molar-refractivity contribution is 7.09. The third-order valence-corrected chi connectivity index (χ3v) is 4.74. The molecule has 1 aliphatic heterocycles. The Morgan fingerprint density at radius 2 is 2.04 bits per heavy atom. The molecule has 0 saturated carbocycles. The lowest BCUT2D eigenvalue weighted by Crippen LogP contribution is -2.40. The van der Waals surface area contributed by atoms with Gasteiger partial charge in [-0.25, -0.2) is 4.98 Å². The highest BCUT2D eigenvalue weighted by atomic mass is 35.5. The fraction of sp³-hybridized carbons (Fsp3) is 0.733. The summed E-state index contributed by atoms with van der Waals surface area (Å²) in [5.74, 6) is 0.420. The molecule has 8 heteroatoms. The minimum atomic E-state index is 0. The Bertz CT molecular complexity index is 450. The fourth-order valence-electron chi connectivity index (χ4n) is 2.68. The van der Waals surface area contributed by atoms with E-state index in [9.17, 15) is 4.79 Å². The zero-order valence-electron chi connectivity index (χ0n) is 13.8. The van der Waals surface area contributed by atoms with E-state index in [1.807, 2.05) is 14.0 Å². The third-order valence-electron chi connectivity index (χ3n) is 3.91. The third kappa shape index (κ3) is 7.81. The quantitative estimate of drug-likeness (QED) is 0.709. The predicted octanol–water partition coefficient (Wildman–Crippen LogP) is 2.23. The number of amides is 1. The van der Waals surface area contributed by atoms with E-state index in [4.69, 9.17) is 0 Å². The number of likely N-dealkylation sites (tertiary alicyclic amines) is 1. The number of hydrogen-bond acceptors (Lipinski definition) is 5. The molecule has 2 N–H and O–H groups in total. The predicted molar refractivity (Wildman–Crippen MR) is 101 cm³/mol. The van der Waals surface area contributed by atoms with Crippen molar-refractivity contribution in [1.82, 2.24) is 20.5 Å². The molecule has 0 radical (unpaired) electrons. The van der Waals surface area contributed by atoms with E-state index < -0.39 is 0 Å². The number of aryl methyl sites for hydroxylation is 1. The lowest BCUT2D eigenvalue weighted by atomic mass is 9.96. The molecule has 0 aliphatic carbocycles. The summed E-state index contributed by atoms with van der Waals surface area (Å²) in [5.41, 5.74) is 1.16. The Labute approximate surface area is 155 Å². The van der Waals surface area contributed by atoms with Gasteiger partial charge in [0.25, 0.3) is 0 Å². The van der Waals surface area contributed by atoms with Gasteiger partial charge in [-0.05, 0) is 52.9 Å². The van der Waals surface area contributed by atoms with E-state index in [1.54, 1.807) is 11.3 Å². The second-order valence-corrected chi connectivity index (χ2v) is 6.72. The molecule has 2 rings (SSSR count). The van der Waals surface area contributed by atoms with Crippen molar-refractivity contribution in [2.24, 2.45) is 5.92 Å². The van der Waals surface area contributed by atoms with Crippen LogP contribution in [-0.2, 0) is 11.3 Å². The van der Waals surface area contributed by atoms with Gasteiger partial charge < -0.3 is 10.6 Å². The summed E-state index contributed by atoms with van der Waals surface area (Å²) in [6.07, 6.45) is 2.91. The standard InChI is InChI=1S/C15H26N4OS.2ClH/c1-12-18-14(11-21-12)10-19-8-4-13(5-9-19)15(20)17-7-3-6-16-2;;/h11,13,16H,3-10H2,1-2H3,(H,17,20);2*1H. The summed E-state index contributed by atoms with van der Waals surface area (Å²) >= 11 is 1.70. The van der Waals surface area contributed by atoms with Crippen LogP contribution in [0.2, 0.25) is 0 Å². The van der Waals surface area contributed by atoms with E-state index in [-0.39, 0.29) is 36.6 Å². The number of rotatable bonds is 7. The average Bonchev–Trinajstić information content (AvgIpc) is 2.89. The van der Waals surface area contributed by atoms with Crippen molar-refractivity contribution >= 4 is 42.1 Å². The van der Waals surface area contributed by atoms with Crippen molar-refractivity contribution in [3.8, 4) is 0 Å². The molecule has 1 aliphatic rings. The molecule has 5 nitrogen and oxygen atoms in total. The first-order valence-electron chi connectivity index (χ1n) is 7.74. The Hall–Kier alpha value is -0.400. The molecule has 1 fully saturated rings. The zero-order chi connectivity index (χ0) is 15.1. The first kappa shape index (κ1) is 22.6. The van der Waals surface area contributed by atoms with Crippen LogP contribution < -0.4 is 10.6 Å². The van der Waals surface area contributed by atoms with E-state index in [0.717, 1.165) is 62.7 Å². The fourth-order valence-corrected chi connectivity index (χ4v) is 3.29. The maximum absolute atomic E-state index is 12.1. The maximum Gasteiger partial charge on any atom is 0.223 e. The van der Waals surface area contributed by atoms with Gasteiger partial charge in [-0.2, -0.15) is 0 Å². The number of carbonyl (C=O) groups is 1. The van der Waals surface area contributed by atoms with Crippen LogP contribution in [0.1, 0.15) is 30.0 Å². The molecule has 2 heterocycles. The molecular formula is C15H28Cl2N4OS. The minimum Gasteiger partial charge on any atom is -0.356 e. The Kier molecular flexibility index (Phi) is 11.8. The van der Waals surface area contributed by atoms with E-state index in [2.05, 4.69) is 25.9 Å². The Morgan fingerprint density at radius 3 is 2.61 bits per heavy atom. The van der Waals surface area contributed by atoms with Crippen molar-refractivity contribution in [3.63, 3.8) is 0 Å². The summed E-state index contributed by atoms with van der Waals surface area (Å²) in [5, 5.41) is 9.40. The number of nitrogens with one attached hydrogen (secondary N) is 2. The molecule has 0 unspecified atom stereocenters. The van der Waals surface area contributed by atoms with Crippen LogP contribution in [0.5, 0.6) is 0 Å². The second kappa shape index (κ2) is 12.0. The van der Waals surface area contributed by atoms with Crippen molar-refractivity contribution in [2.75, 3.05) is 33.2 Å². The van der Waals surface area contributed by atoms with Crippen molar-refractivity contribution < 1.29 is 4.79 Å². The van der Waals surface area contributed by atoms with E-state index in [0.29, 0.717) is 0 Å². The number of carbonyl (C=O) groups excluding carboxylic acids is 1. The number of aromatic nitrogens is 1. The second-order valence-electron chi connectivity index (χ2n) is 5.66. The number of halogens is 2. The SMILES string of the molecule is CNCCCNC(=O)C1CCN(Cc2csc(C)n2)CC1.Cl.Cl. The summed E-state index contributed by atoms with van der Waals surface area (Å²) in [7, 11) is 1.93. The van der Waals surface area contributed by atoms with Gasteiger partial charge in [0.2, 0.25) is 5.91 Å². The summed E-state index contributed by atoms with van der Waals surface area (Å²) in [6.45, 7) is 6.67. The molecule has 23 heavy (non-hydrogen) atoms. The lowest BCUT2D eigenvalue weighted by Gasteiger charge is -2.30. The van der Waals surface area contributed by atoms with Crippen LogP contribution in [0.4, 0.5) is 0 Å². The zero-order valence-corrected chi connectivity index (χ0v) is 16.3. The minimum absolute atomic E-state index is 0. The largest absolute Gasteiger partial charge is 0.356 e. The highest BCUT2D eigenvalue weighted by Gasteiger charge is 2.24. The molecule has 134 valence electrons. The smallest absolute Gasteiger partial charge is 0.223 e. The lowest BCUT2D eigenvalue weighted by molar-refractivity contribution is -0.126. The van der Waals surface area contributed by atoms with Gasteiger partial charge in [0.1, 0.15) is 0 Å². The highest BCUT2D eigenvalue weighted by Crippen LogP contribution is 2.19. The average molecular weight is 383 g/mol. The van der Waals surface area contributed by atoms with Crippen molar-refractivity contribution in [3.05, 3.63) is 16.1 Å². The molecule has 0 spiro atoms. The van der Waals surface area contributed by atoms with Crippen LogP contribution in [0.15, 0.2) is 5.38 Å². The monoisotopic (exact) mass is 382 g/mol. The van der Waals surface area contributed by atoms with Crippen LogP contribution in [-0.4, -0.2) is 49.0 Å². The molecule has 1 aromatic rings. The first-order chi connectivity index (χ1) is 10.2. The number of nitrogens with zero attached hydrogens (tertiary/aromatic N) is 2. The number of thiazole rings is 1. The summed E-state index contributed by atoms with van der Waals surface area (Å²) < 4.78 is 0. The normalized spacial score (nSPS) is 15.6. The molecule has 0 atom stereocenters. The molecule has 1 amide bonds. The van der Waals surface area contributed by atoms with Gasteiger partial charge in [0.15, 0.2) is 0 Å². The van der Waals surface area contributed by atoms with Crippen LogP contribution >= 0.6 is 36.2 Å². The van der Waals surface area contributed by atoms with Crippen molar-refractivity contribution in [2.45, 2.75) is 32.7 Å². The van der Waals surface area contributed by atoms with Crippen LogP contribution in [0.3, 0.4) is 0 Å². The van der Waals surface area contributed by atoms with Crippen molar-refractivity contribution in [1.29, 1.82) is 0 Å². The topological polar surface area (TPSA) is 57.3 Å². The number of piperidine rings is 1. The van der Waals surface area contributed by atoms with Crippen LogP contribution in [0.25, 0.3) is 0 Å². The van der Waals surface area contributed by atoms with Gasteiger partial charge in [0.05, 0.1) is 10.7 Å². The van der Waals surface area contributed by atoms with E-state index >= 15 is 0 Å².